The Labute approximate surface area is 288 Å². The van der Waals surface area contributed by atoms with Gasteiger partial charge in [0.25, 0.3) is 0 Å². The Hall–Kier alpha value is -5.87. The summed E-state index contributed by atoms with van der Waals surface area (Å²) in [4.78, 5) is 14.9. The van der Waals surface area contributed by atoms with E-state index < -0.39 is 0 Å². The van der Waals surface area contributed by atoms with Crippen molar-refractivity contribution < 1.29 is 25.2 Å². The molecule has 5 aromatic heterocycles. The Morgan fingerprint density at radius 1 is 0.500 bits per heavy atom. The van der Waals surface area contributed by atoms with Crippen molar-refractivity contribution in [2.45, 2.75) is 0 Å². The average Bonchev–Trinajstić information content (AvgIpc) is 3.80. The summed E-state index contributed by atoms with van der Waals surface area (Å²) in [6.07, 6.45) is 5.99. The van der Waals surface area contributed by atoms with E-state index in [0.29, 0.717) is 11.5 Å². The van der Waals surface area contributed by atoms with Crippen LogP contribution in [-0.4, -0.2) is 23.8 Å². The number of hydrogen-bond donors (Lipinski definition) is 0. The third-order valence-corrected chi connectivity index (χ3v) is 8.81. The Kier molecular flexibility index (Phi) is 6.58. The van der Waals surface area contributed by atoms with Gasteiger partial charge in [0.2, 0.25) is 0 Å². The van der Waals surface area contributed by atoms with Gasteiger partial charge in [-0.05, 0) is 23.6 Å². The van der Waals surface area contributed by atoms with Gasteiger partial charge in [0.15, 0.2) is 0 Å². The van der Waals surface area contributed by atoms with Crippen molar-refractivity contribution in [2.75, 3.05) is 0 Å². The SMILES string of the molecule is [Pd+2].[c-]1c(Oc2[c-]c3c(cc2)c2ncccc2n2cc(-c4ccccc4)nc32)ccc2c1c1nc(-c3ccccc3)cn1c1ccccc21. The summed E-state index contributed by atoms with van der Waals surface area (Å²) < 4.78 is 10.7. The number of fused-ring (bicyclic) bond motifs is 12. The zero-order chi connectivity index (χ0) is 30.9. The van der Waals surface area contributed by atoms with Gasteiger partial charge < -0.3 is 13.5 Å². The largest absolute Gasteiger partial charge is 2.00 e. The summed E-state index contributed by atoms with van der Waals surface area (Å²) in [6.45, 7) is 0. The second kappa shape index (κ2) is 11.1. The minimum Gasteiger partial charge on any atom is -0.497 e. The first-order valence-corrected chi connectivity index (χ1v) is 15.4. The number of pyridine rings is 3. The molecule has 10 rings (SSSR count). The van der Waals surface area contributed by atoms with E-state index in [1.807, 2.05) is 66.9 Å². The molecule has 0 spiro atoms. The monoisotopic (exact) mass is 707 g/mol. The number of para-hydroxylation sites is 1. The maximum atomic E-state index is 6.49. The van der Waals surface area contributed by atoms with Gasteiger partial charge in [-0.15, -0.1) is 12.1 Å². The first-order chi connectivity index (χ1) is 23.3. The molecule has 0 aliphatic heterocycles. The smallest absolute Gasteiger partial charge is 0.497 e. The van der Waals surface area contributed by atoms with Crippen molar-refractivity contribution in [3.63, 3.8) is 0 Å². The average molecular weight is 708 g/mol. The predicted octanol–water partition coefficient (Wildman–Crippen LogP) is 9.71. The number of nitrogens with zero attached hydrogens (tertiary/aromatic N) is 5. The molecule has 5 heterocycles. The number of hydrogen-bond acceptors (Lipinski definition) is 4. The molecule has 0 amide bonds. The molecule has 0 aliphatic rings. The van der Waals surface area contributed by atoms with Gasteiger partial charge in [-0.25, -0.2) is 0 Å². The maximum Gasteiger partial charge on any atom is 2.00 e. The molecule has 6 nitrogen and oxygen atoms in total. The Balaban J connectivity index is 0.00000314. The molecule has 5 aromatic carbocycles. The number of imidazole rings is 2. The summed E-state index contributed by atoms with van der Waals surface area (Å²) in [6, 6.07) is 48.0. The first kappa shape index (κ1) is 28.4. The Morgan fingerprint density at radius 2 is 1.04 bits per heavy atom. The van der Waals surface area contributed by atoms with Crippen molar-refractivity contribution in [1.82, 2.24) is 23.8 Å². The molecule has 0 aliphatic carbocycles. The van der Waals surface area contributed by atoms with Crippen LogP contribution in [-0.2, 0) is 20.4 Å². The van der Waals surface area contributed by atoms with Gasteiger partial charge in [-0.3, -0.25) is 15.0 Å². The van der Waals surface area contributed by atoms with Gasteiger partial charge in [0, 0.05) is 46.7 Å². The van der Waals surface area contributed by atoms with E-state index in [1.54, 1.807) is 0 Å². The second-order valence-corrected chi connectivity index (χ2v) is 11.6. The second-order valence-electron chi connectivity index (χ2n) is 11.6. The Bertz CT molecular complexity index is 2630. The fraction of sp³-hybridized carbons (Fsp3) is 0. The minimum absolute atomic E-state index is 0. The zero-order valence-corrected chi connectivity index (χ0v) is 26.8. The van der Waals surface area contributed by atoms with E-state index in [-0.39, 0.29) is 20.4 Å². The summed E-state index contributed by atoms with van der Waals surface area (Å²) in [5.41, 5.74) is 8.50. The number of aromatic nitrogens is 5. The van der Waals surface area contributed by atoms with E-state index in [4.69, 9.17) is 19.7 Å². The maximum absolute atomic E-state index is 6.49. The van der Waals surface area contributed by atoms with Crippen LogP contribution in [0.15, 0.2) is 140 Å². The molecule has 10 aromatic rings. The van der Waals surface area contributed by atoms with E-state index in [2.05, 4.69) is 94.0 Å². The standard InChI is InChI=1S/C41H23N5O.Pd/c1-3-10-26(11-4-1)35-24-45-37-15-8-7-14-31(37)30-19-17-28(22-33(30)40(45)43-35)47-29-18-20-32-34(23-29)41-44-36(27-12-5-2-6-13-27)25-46(41)38-16-9-21-42-39(32)38;/h1-21,24-25H;/q-2;+2. The van der Waals surface area contributed by atoms with Crippen molar-refractivity contribution in [3.8, 4) is 34.0 Å². The normalized spacial score (nSPS) is 11.6. The van der Waals surface area contributed by atoms with Crippen LogP contribution in [0.2, 0.25) is 0 Å². The Morgan fingerprint density at radius 3 is 1.71 bits per heavy atom. The van der Waals surface area contributed by atoms with Crippen LogP contribution in [0.5, 0.6) is 11.5 Å². The molecular weight excluding hydrogens is 685 g/mol. The van der Waals surface area contributed by atoms with Gasteiger partial charge in [0.1, 0.15) is 0 Å². The summed E-state index contributed by atoms with van der Waals surface area (Å²) in [5, 5.41) is 4.89. The van der Waals surface area contributed by atoms with Gasteiger partial charge in [0.05, 0.1) is 33.7 Å². The fourth-order valence-electron chi connectivity index (χ4n) is 6.65. The molecule has 0 fully saturated rings. The fourth-order valence-corrected chi connectivity index (χ4v) is 6.65. The van der Waals surface area contributed by atoms with Crippen LogP contribution in [0.1, 0.15) is 0 Å². The minimum atomic E-state index is 0. The van der Waals surface area contributed by atoms with Crippen LogP contribution in [0.4, 0.5) is 0 Å². The van der Waals surface area contributed by atoms with Crippen LogP contribution >= 0.6 is 0 Å². The van der Waals surface area contributed by atoms with Crippen LogP contribution in [0, 0.1) is 12.1 Å². The van der Waals surface area contributed by atoms with E-state index in [9.17, 15) is 0 Å². The van der Waals surface area contributed by atoms with Gasteiger partial charge >= 0.3 is 20.4 Å². The third kappa shape index (κ3) is 4.40. The number of rotatable bonds is 4. The van der Waals surface area contributed by atoms with E-state index in [0.717, 1.165) is 77.3 Å². The van der Waals surface area contributed by atoms with Crippen molar-refractivity contribution in [2.24, 2.45) is 0 Å². The molecule has 0 saturated heterocycles. The van der Waals surface area contributed by atoms with Gasteiger partial charge in [-0.1, -0.05) is 125 Å². The van der Waals surface area contributed by atoms with Crippen molar-refractivity contribution in [1.29, 1.82) is 0 Å². The first-order valence-electron chi connectivity index (χ1n) is 15.4. The third-order valence-electron chi connectivity index (χ3n) is 8.81. The van der Waals surface area contributed by atoms with Gasteiger partial charge in [-0.2, -0.15) is 0 Å². The number of ether oxygens (including phenoxy) is 1. The summed E-state index contributed by atoms with van der Waals surface area (Å²) in [7, 11) is 0. The molecule has 0 N–H and O–H groups in total. The zero-order valence-electron chi connectivity index (χ0n) is 25.2. The molecule has 0 radical (unpaired) electrons. The molecule has 0 bridgehead atoms. The molecule has 0 saturated carbocycles. The summed E-state index contributed by atoms with van der Waals surface area (Å²) in [5.74, 6) is 1.15. The van der Waals surface area contributed by atoms with Crippen LogP contribution in [0.3, 0.4) is 0 Å². The molecular formula is C41H23N5OPd. The van der Waals surface area contributed by atoms with Crippen molar-refractivity contribution >= 4 is 54.8 Å². The molecule has 0 unspecified atom stereocenters. The number of benzene rings is 5. The molecule has 228 valence electrons. The summed E-state index contributed by atoms with van der Waals surface area (Å²) >= 11 is 0. The molecule has 7 heteroatoms. The predicted molar refractivity (Wildman–Crippen MR) is 187 cm³/mol. The molecule has 48 heavy (non-hydrogen) atoms. The van der Waals surface area contributed by atoms with E-state index in [1.165, 1.54) is 0 Å². The van der Waals surface area contributed by atoms with E-state index >= 15 is 0 Å². The quantitative estimate of drug-likeness (QED) is 0.104. The van der Waals surface area contributed by atoms with Crippen LogP contribution < -0.4 is 4.74 Å². The topological polar surface area (TPSA) is 56.7 Å². The molecule has 0 atom stereocenters. The van der Waals surface area contributed by atoms with Crippen molar-refractivity contribution in [3.05, 3.63) is 152 Å². The van der Waals surface area contributed by atoms with Crippen LogP contribution in [0.25, 0.3) is 77.3 Å².